The summed E-state index contributed by atoms with van der Waals surface area (Å²) < 4.78 is 0. The molecule has 11 heteroatoms. The number of nitrogens with one attached hydrogen (secondary N) is 4. The van der Waals surface area contributed by atoms with Gasteiger partial charge in [0.15, 0.2) is 0 Å². The predicted octanol–water partition coefficient (Wildman–Crippen LogP) is 10.9. The average molecular weight is 832 g/mol. The molecule has 5 aliphatic rings. The fourth-order valence-electron chi connectivity index (χ4n) is 6.62. The molecule has 5 aliphatic heterocycles. The molecule has 1 radical (unpaired) electrons. The van der Waals surface area contributed by atoms with Crippen LogP contribution in [-0.4, -0.2) is 53.0 Å². The van der Waals surface area contributed by atoms with Crippen LogP contribution >= 0.6 is 0 Å². The smallest absolute Gasteiger partial charge is 0.662 e. The van der Waals surface area contributed by atoms with Crippen molar-refractivity contribution in [2.24, 2.45) is 0 Å². The summed E-state index contributed by atoms with van der Waals surface area (Å²) >= 11 is 0. The van der Waals surface area contributed by atoms with Gasteiger partial charge in [0.1, 0.15) is 0 Å². The van der Waals surface area contributed by atoms with Crippen molar-refractivity contribution < 1.29 is 34.1 Å². The Hall–Kier alpha value is -5.80. The Morgan fingerprint density at radius 2 is 0.554 bits per heavy atom. The minimum atomic E-state index is 0. The summed E-state index contributed by atoms with van der Waals surface area (Å²) in [7, 11) is 0. The summed E-state index contributed by atoms with van der Waals surface area (Å²) in [6, 6.07) is 32.8. The predicted molar refractivity (Wildman–Crippen MR) is 225 cm³/mol. The molecule has 0 spiro atoms. The SMILES string of the molecule is C1=Cc2cc3ccc(cc4ccc(cc5nc(cc1n2)C=C5)[nH]4)[nH]3.C1=Cc2cc3ccc(cc4ccc(cc5nc(cc1n2)C=C5)[nH]4)[nH]3.C1CC[N-]CC1.[Cu+].[Cu]. The molecule has 6 aromatic rings. The first-order valence-electron chi connectivity index (χ1n) is 18.3. The standard InChI is InChI=1S/2C20H14N4.C5H10N.2Cu/c2*1-2-14-10-16-5-6-18(23-16)12-20-8-7-19(24-20)11-17-4-3-15(22-17)9-13(1)21-14;1-2-4-6-5-3-1;;/h2*1-12,21-22H;1-5H2;;/q;;-1;;+1. The summed E-state index contributed by atoms with van der Waals surface area (Å²) in [4.78, 5) is 32.0. The molecule has 56 heavy (non-hydrogen) atoms. The third kappa shape index (κ3) is 9.89. The molecular weight excluding hydrogens is 794 g/mol. The van der Waals surface area contributed by atoms with E-state index in [9.17, 15) is 0 Å². The largest absolute Gasteiger partial charge is 1.00 e. The Bertz CT molecular complexity index is 2440. The van der Waals surface area contributed by atoms with Crippen molar-refractivity contribution in [3.05, 3.63) is 148 Å². The Morgan fingerprint density at radius 1 is 0.321 bits per heavy atom. The van der Waals surface area contributed by atoms with Crippen LogP contribution in [0.15, 0.2) is 97.1 Å². The van der Waals surface area contributed by atoms with Gasteiger partial charge in [-0.05, 0) is 146 Å². The van der Waals surface area contributed by atoms with Crippen LogP contribution in [0.5, 0.6) is 0 Å². The van der Waals surface area contributed by atoms with Gasteiger partial charge in [-0.1, -0.05) is 19.3 Å². The topological polar surface area (TPSA) is 129 Å². The van der Waals surface area contributed by atoms with Crippen LogP contribution in [0.25, 0.3) is 98.1 Å². The van der Waals surface area contributed by atoms with Crippen LogP contribution < -0.4 is 0 Å². The normalized spacial score (nSPS) is 13.4. The van der Waals surface area contributed by atoms with E-state index in [4.69, 9.17) is 0 Å². The third-order valence-corrected chi connectivity index (χ3v) is 9.22. The first-order chi connectivity index (χ1) is 26.6. The van der Waals surface area contributed by atoms with Gasteiger partial charge in [-0.2, -0.15) is 0 Å². The van der Waals surface area contributed by atoms with Crippen LogP contribution in [0.4, 0.5) is 0 Å². The zero-order valence-electron chi connectivity index (χ0n) is 30.2. The van der Waals surface area contributed by atoms with Crippen molar-refractivity contribution in [1.82, 2.24) is 39.9 Å². The number of H-pyrrole nitrogens is 4. The Balaban J connectivity index is 0.000000145. The number of piperidine rings is 1. The fraction of sp³-hybridized carbons (Fsp3) is 0.111. The number of nitrogens with zero attached hydrogens (tertiary/aromatic N) is 5. The van der Waals surface area contributed by atoms with E-state index in [1.165, 1.54) is 19.3 Å². The number of fused-ring (bicyclic) bond motifs is 16. The maximum atomic E-state index is 4.62. The van der Waals surface area contributed by atoms with E-state index in [2.05, 4.69) is 106 Å². The molecule has 9 nitrogen and oxygen atoms in total. The van der Waals surface area contributed by atoms with E-state index < -0.39 is 0 Å². The average Bonchev–Trinajstić information content (AvgIpc) is 4.01. The monoisotopic (exact) mass is 830 g/mol. The molecule has 11 heterocycles. The molecule has 6 aromatic heterocycles. The maximum Gasteiger partial charge on any atom is 1.00 e. The van der Waals surface area contributed by atoms with E-state index in [1.807, 2.05) is 85.0 Å². The van der Waals surface area contributed by atoms with E-state index in [-0.39, 0.29) is 34.1 Å². The van der Waals surface area contributed by atoms with Crippen molar-refractivity contribution in [2.75, 3.05) is 13.1 Å². The van der Waals surface area contributed by atoms with Crippen LogP contribution in [0.1, 0.15) is 64.8 Å². The van der Waals surface area contributed by atoms with E-state index >= 15 is 0 Å². The number of hydrogen-bond donors (Lipinski definition) is 4. The molecule has 1 saturated heterocycles. The van der Waals surface area contributed by atoms with Crippen molar-refractivity contribution in [2.45, 2.75) is 19.3 Å². The number of rotatable bonds is 0. The first-order valence-corrected chi connectivity index (χ1v) is 18.3. The van der Waals surface area contributed by atoms with Crippen molar-refractivity contribution in [1.29, 1.82) is 0 Å². The number of aromatic nitrogens is 8. The molecule has 0 saturated carbocycles. The number of hydrogen-bond acceptors (Lipinski definition) is 4. The molecule has 11 rings (SSSR count). The molecule has 0 atom stereocenters. The molecule has 0 aromatic carbocycles. The summed E-state index contributed by atoms with van der Waals surface area (Å²) in [5, 5.41) is 4.18. The first kappa shape index (κ1) is 38.5. The van der Waals surface area contributed by atoms with Crippen molar-refractivity contribution >= 4 is 92.7 Å². The van der Waals surface area contributed by atoms with Crippen LogP contribution in [0.3, 0.4) is 0 Å². The second-order valence-electron chi connectivity index (χ2n) is 13.5. The maximum absolute atomic E-state index is 4.62. The Labute approximate surface area is 345 Å². The summed E-state index contributed by atoms with van der Waals surface area (Å²) in [6.07, 6.45) is 20.2. The second kappa shape index (κ2) is 17.8. The minimum absolute atomic E-state index is 0. The minimum Gasteiger partial charge on any atom is -0.662 e. The van der Waals surface area contributed by atoms with Gasteiger partial charge < -0.3 is 25.3 Å². The zero-order chi connectivity index (χ0) is 36.1. The van der Waals surface area contributed by atoms with Crippen molar-refractivity contribution in [3.8, 4) is 0 Å². The van der Waals surface area contributed by atoms with Gasteiger partial charge in [-0.3, -0.25) is 0 Å². The molecule has 1 fully saturated rings. The molecular formula is C45H38Cu2N9. The molecule has 0 unspecified atom stereocenters. The van der Waals surface area contributed by atoms with Gasteiger partial charge in [0.05, 0.1) is 45.6 Å². The Kier molecular flexibility index (Phi) is 12.2. The summed E-state index contributed by atoms with van der Waals surface area (Å²) in [6.45, 7) is 2.25. The quantitative estimate of drug-likeness (QED) is 0.113. The van der Waals surface area contributed by atoms with Gasteiger partial charge in [0.2, 0.25) is 0 Å². The second-order valence-corrected chi connectivity index (χ2v) is 13.5. The zero-order valence-corrected chi connectivity index (χ0v) is 32.1. The van der Waals surface area contributed by atoms with E-state index in [1.54, 1.807) is 0 Å². The molecule has 0 aliphatic carbocycles. The van der Waals surface area contributed by atoms with Crippen LogP contribution in [-0.2, 0) is 34.1 Å². The molecule has 16 bridgehead atoms. The van der Waals surface area contributed by atoms with E-state index in [0.717, 1.165) is 103 Å². The van der Waals surface area contributed by atoms with Gasteiger partial charge in [0.25, 0.3) is 0 Å². The van der Waals surface area contributed by atoms with Gasteiger partial charge in [0, 0.05) is 61.2 Å². The Morgan fingerprint density at radius 3 is 0.768 bits per heavy atom. The molecule has 0 amide bonds. The van der Waals surface area contributed by atoms with Crippen LogP contribution in [0.2, 0.25) is 0 Å². The molecule has 4 N–H and O–H groups in total. The van der Waals surface area contributed by atoms with Gasteiger partial charge >= 0.3 is 17.1 Å². The summed E-state index contributed by atoms with van der Waals surface area (Å²) in [5.41, 5.74) is 15.7. The summed E-state index contributed by atoms with van der Waals surface area (Å²) in [5.74, 6) is 0. The van der Waals surface area contributed by atoms with Gasteiger partial charge in [-0.15, -0.1) is 13.1 Å². The van der Waals surface area contributed by atoms with Gasteiger partial charge in [-0.25, -0.2) is 19.9 Å². The third-order valence-electron chi connectivity index (χ3n) is 9.22. The van der Waals surface area contributed by atoms with E-state index in [0.29, 0.717) is 0 Å². The molecule has 285 valence electrons. The van der Waals surface area contributed by atoms with Crippen molar-refractivity contribution in [3.63, 3.8) is 0 Å². The van der Waals surface area contributed by atoms with Crippen LogP contribution in [0, 0.1) is 0 Å². The fourth-order valence-corrected chi connectivity index (χ4v) is 6.62. The number of aromatic amines is 4.